The van der Waals surface area contributed by atoms with Crippen molar-refractivity contribution >= 4 is 33.2 Å². The zero-order chi connectivity index (χ0) is 29.1. The summed E-state index contributed by atoms with van der Waals surface area (Å²) in [6.45, 7) is 5.26. The van der Waals surface area contributed by atoms with Crippen molar-refractivity contribution in [1.82, 2.24) is 19.8 Å². The minimum absolute atomic E-state index is 0.118. The minimum atomic E-state index is -0.488. The maximum atomic E-state index is 14.9. The van der Waals surface area contributed by atoms with Crippen molar-refractivity contribution in [2.24, 2.45) is 11.7 Å². The second-order valence-electron chi connectivity index (χ2n) is 11.2. The van der Waals surface area contributed by atoms with Crippen LogP contribution in [0.5, 0.6) is 11.5 Å². The molecule has 4 heterocycles. The first-order chi connectivity index (χ1) is 20.4. The number of benzene rings is 1. The number of fused-ring (bicyclic) bond motifs is 1. The maximum Gasteiger partial charge on any atom is 0.218 e. The number of ketones is 1. The molecule has 2 aliphatic rings. The molecule has 42 heavy (non-hydrogen) atoms. The number of hydrogen-bond donors (Lipinski definition) is 1. The number of aromatic nitrogens is 2. The lowest BCUT2D eigenvalue weighted by Gasteiger charge is -2.34. The van der Waals surface area contributed by atoms with Crippen molar-refractivity contribution in [2.75, 3.05) is 32.7 Å². The number of carbonyl (C=O) groups is 2. The number of Topliss-reactive ketones (excluding diaryl/α,β-unsaturated/α-hetero) is 1. The number of carbonyl (C=O) groups excluding carboxylic acids is 2. The smallest absolute Gasteiger partial charge is 0.218 e. The number of primary amides is 1. The van der Waals surface area contributed by atoms with E-state index in [1.807, 2.05) is 18.3 Å². The van der Waals surface area contributed by atoms with E-state index in [9.17, 15) is 14.0 Å². The second kappa shape index (κ2) is 12.6. The molecule has 10 heteroatoms. The molecule has 1 saturated heterocycles. The molecule has 2 N–H and O–H groups in total. The van der Waals surface area contributed by atoms with Crippen LogP contribution in [0.1, 0.15) is 36.8 Å². The van der Waals surface area contributed by atoms with Crippen LogP contribution < -0.4 is 10.5 Å². The topological polar surface area (TPSA) is 102 Å². The van der Waals surface area contributed by atoms with E-state index in [0.717, 1.165) is 78.5 Å². The molecule has 0 atom stereocenters. The molecule has 218 valence electrons. The average molecular weight is 588 g/mol. The number of amides is 1. The highest BCUT2D eigenvalue weighted by molar-refractivity contribution is 7.22. The zero-order valence-corrected chi connectivity index (χ0v) is 24.2. The number of hydrogen-bond acceptors (Lipinski definition) is 8. The number of piperazine rings is 1. The molecule has 1 saturated carbocycles. The van der Waals surface area contributed by atoms with Crippen LogP contribution in [0.3, 0.4) is 0 Å². The van der Waals surface area contributed by atoms with E-state index in [4.69, 9.17) is 15.5 Å². The molecule has 8 nitrogen and oxygen atoms in total. The number of pyridine rings is 2. The van der Waals surface area contributed by atoms with Gasteiger partial charge in [0.05, 0.1) is 20.8 Å². The van der Waals surface area contributed by atoms with Crippen molar-refractivity contribution in [3.63, 3.8) is 0 Å². The first-order valence-electron chi connectivity index (χ1n) is 14.4. The van der Waals surface area contributed by atoms with Gasteiger partial charge in [0.15, 0.2) is 11.6 Å². The van der Waals surface area contributed by atoms with Gasteiger partial charge in [0, 0.05) is 77.0 Å². The third kappa shape index (κ3) is 7.18. The van der Waals surface area contributed by atoms with E-state index in [0.29, 0.717) is 30.1 Å². The number of nitrogens with two attached hydrogens (primary N) is 1. The molecular formula is C32H34FN5O3S. The number of rotatable bonds is 12. The Morgan fingerprint density at radius 3 is 2.48 bits per heavy atom. The van der Waals surface area contributed by atoms with Gasteiger partial charge in [-0.05, 0) is 54.2 Å². The van der Waals surface area contributed by atoms with E-state index < -0.39 is 5.82 Å². The molecule has 0 unspecified atom stereocenters. The SMILES string of the molecule is NC(=O)CCN1CCN(Cc2ccc(-c3cc4nccc(Oc5ccc(CC(=O)CC6CC6)cc5F)c4s3)nc2)CC1. The number of halogens is 1. The Balaban J connectivity index is 1.09. The van der Waals surface area contributed by atoms with E-state index in [-0.39, 0.29) is 23.9 Å². The summed E-state index contributed by atoms with van der Waals surface area (Å²) in [5.74, 6) is 0.584. The van der Waals surface area contributed by atoms with Gasteiger partial charge in [-0.15, -0.1) is 11.3 Å². The predicted octanol–water partition coefficient (Wildman–Crippen LogP) is 5.19. The van der Waals surface area contributed by atoms with Crippen molar-refractivity contribution in [3.05, 3.63) is 71.8 Å². The third-order valence-electron chi connectivity index (χ3n) is 7.83. The molecule has 1 aromatic carbocycles. The van der Waals surface area contributed by atoms with Crippen LogP contribution in [-0.4, -0.2) is 64.2 Å². The van der Waals surface area contributed by atoms with E-state index in [2.05, 4.69) is 20.9 Å². The molecule has 0 radical (unpaired) electrons. The van der Waals surface area contributed by atoms with Gasteiger partial charge < -0.3 is 15.4 Å². The average Bonchev–Trinajstić information content (AvgIpc) is 3.68. The van der Waals surface area contributed by atoms with Crippen molar-refractivity contribution in [2.45, 2.75) is 38.6 Å². The molecule has 6 rings (SSSR count). The fourth-order valence-electron chi connectivity index (χ4n) is 5.28. The van der Waals surface area contributed by atoms with Gasteiger partial charge in [0.25, 0.3) is 0 Å². The van der Waals surface area contributed by atoms with Crippen LogP contribution in [-0.2, 0) is 22.6 Å². The van der Waals surface area contributed by atoms with E-state index in [1.165, 1.54) is 17.4 Å². The molecule has 0 bridgehead atoms. The Morgan fingerprint density at radius 1 is 0.976 bits per heavy atom. The molecule has 1 aliphatic carbocycles. The molecule has 1 aliphatic heterocycles. The van der Waals surface area contributed by atoms with Crippen LogP contribution in [0.25, 0.3) is 20.8 Å². The summed E-state index contributed by atoms with van der Waals surface area (Å²) in [7, 11) is 0. The van der Waals surface area contributed by atoms with Gasteiger partial charge in [0.2, 0.25) is 5.91 Å². The summed E-state index contributed by atoms with van der Waals surface area (Å²) in [4.78, 5) is 38.1. The van der Waals surface area contributed by atoms with Crippen LogP contribution in [0, 0.1) is 11.7 Å². The van der Waals surface area contributed by atoms with Gasteiger partial charge in [-0.2, -0.15) is 0 Å². The highest BCUT2D eigenvalue weighted by Gasteiger charge is 2.24. The van der Waals surface area contributed by atoms with Gasteiger partial charge in [-0.1, -0.05) is 12.1 Å². The Morgan fingerprint density at radius 2 is 1.76 bits per heavy atom. The molecule has 4 aromatic rings. The summed E-state index contributed by atoms with van der Waals surface area (Å²) >= 11 is 1.51. The maximum absolute atomic E-state index is 14.9. The quantitative estimate of drug-likeness (QED) is 0.243. The first kappa shape index (κ1) is 28.4. The summed E-state index contributed by atoms with van der Waals surface area (Å²) in [6.07, 6.45) is 7.06. The standard InChI is InChI=1S/C32H34FN5O3S/c33-25-17-22(16-24(39)15-21-1-2-21)4-6-28(25)41-29-7-9-35-27-18-30(42-32(27)29)26-5-3-23(19-36-26)20-38-13-11-37(12-14-38)10-8-31(34)40/h3-7,9,17-19,21H,1-2,8,10-16,20H2,(H2,34,40). The highest BCUT2D eigenvalue weighted by Crippen LogP contribution is 2.39. The molecule has 3 aromatic heterocycles. The molecular weight excluding hydrogens is 553 g/mol. The van der Waals surface area contributed by atoms with Gasteiger partial charge in [-0.3, -0.25) is 24.5 Å². The van der Waals surface area contributed by atoms with E-state index in [1.54, 1.807) is 24.4 Å². The van der Waals surface area contributed by atoms with E-state index >= 15 is 0 Å². The van der Waals surface area contributed by atoms with Crippen LogP contribution in [0.15, 0.2) is 54.9 Å². The largest absolute Gasteiger partial charge is 0.453 e. The fourth-order valence-corrected chi connectivity index (χ4v) is 6.32. The Bertz CT molecular complexity index is 1580. The summed E-state index contributed by atoms with van der Waals surface area (Å²) in [5.41, 5.74) is 8.68. The lowest BCUT2D eigenvalue weighted by atomic mass is 10.0. The van der Waals surface area contributed by atoms with Crippen molar-refractivity contribution in [3.8, 4) is 22.1 Å². The van der Waals surface area contributed by atoms with Crippen molar-refractivity contribution in [1.29, 1.82) is 0 Å². The molecule has 2 fully saturated rings. The summed E-state index contributed by atoms with van der Waals surface area (Å²) in [5, 5.41) is 0. The monoisotopic (exact) mass is 587 g/mol. The minimum Gasteiger partial charge on any atom is -0.453 e. The normalized spacial score (nSPS) is 16.1. The van der Waals surface area contributed by atoms with Gasteiger partial charge in [-0.25, -0.2) is 4.39 Å². The van der Waals surface area contributed by atoms with Crippen LogP contribution in [0.2, 0.25) is 0 Å². The molecule has 1 amide bonds. The van der Waals surface area contributed by atoms with Crippen molar-refractivity contribution < 1.29 is 18.7 Å². The second-order valence-corrected chi connectivity index (χ2v) is 12.3. The summed E-state index contributed by atoms with van der Waals surface area (Å²) < 4.78 is 21.8. The Hall–Kier alpha value is -3.73. The number of nitrogens with zero attached hydrogens (tertiary/aromatic N) is 4. The highest BCUT2D eigenvalue weighted by atomic mass is 32.1. The first-order valence-corrected chi connectivity index (χ1v) is 15.3. The fraction of sp³-hybridized carbons (Fsp3) is 0.375. The Kier molecular flexibility index (Phi) is 8.55. The van der Waals surface area contributed by atoms with Crippen LogP contribution in [0.4, 0.5) is 4.39 Å². The predicted molar refractivity (Wildman–Crippen MR) is 161 cm³/mol. The van der Waals surface area contributed by atoms with Gasteiger partial charge in [0.1, 0.15) is 11.5 Å². The number of thiophene rings is 1. The lowest BCUT2D eigenvalue weighted by Crippen LogP contribution is -2.46. The molecule has 0 spiro atoms. The third-order valence-corrected chi connectivity index (χ3v) is 8.99. The Labute approximate surface area is 248 Å². The zero-order valence-electron chi connectivity index (χ0n) is 23.4. The summed E-state index contributed by atoms with van der Waals surface area (Å²) in [6, 6.07) is 12.6. The number of ether oxygens (including phenoxy) is 1. The lowest BCUT2D eigenvalue weighted by molar-refractivity contribution is -0.119. The van der Waals surface area contributed by atoms with Crippen LogP contribution >= 0.6 is 11.3 Å². The van der Waals surface area contributed by atoms with Gasteiger partial charge >= 0.3 is 0 Å².